The van der Waals surface area contributed by atoms with E-state index in [1.165, 1.54) is 50.6 Å². The summed E-state index contributed by atoms with van der Waals surface area (Å²) in [6, 6.07) is 5.15. The molecule has 1 N–H and O–H groups in total. The van der Waals surface area contributed by atoms with E-state index in [-0.39, 0.29) is 0 Å². The second kappa shape index (κ2) is 7.26. The SMILES string of the molecule is CCCNc1ncccc1CN1CCCC2CCCCC21. The number of piperidine rings is 1. The third-order valence-corrected chi connectivity index (χ3v) is 5.17. The minimum absolute atomic E-state index is 0.826. The topological polar surface area (TPSA) is 28.2 Å². The lowest BCUT2D eigenvalue weighted by molar-refractivity contribution is 0.0548. The van der Waals surface area contributed by atoms with Gasteiger partial charge in [-0.15, -0.1) is 0 Å². The zero-order valence-corrected chi connectivity index (χ0v) is 13.4. The van der Waals surface area contributed by atoms with Crippen molar-refractivity contribution >= 4 is 5.82 Å². The number of rotatable bonds is 5. The van der Waals surface area contributed by atoms with Gasteiger partial charge in [0.25, 0.3) is 0 Å². The molecule has 1 aromatic rings. The van der Waals surface area contributed by atoms with Crippen molar-refractivity contribution in [3.8, 4) is 0 Å². The van der Waals surface area contributed by atoms with Crippen molar-refractivity contribution < 1.29 is 0 Å². The van der Waals surface area contributed by atoms with Gasteiger partial charge in [0.15, 0.2) is 0 Å². The van der Waals surface area contributed by atoms with Crippen molar-refractivity contribution in [1.82, 2.24) is 9.88 Å². The molecule has 2 fully saturated rings. The lowest BCUT2D eigenvalue weighted by atomic mass is 9.78. The monoisotopic (exact) mass is 287 g/mol. The molecule has 1 saturated carbocycles. The van der Waals surface area contributed by atoms with Crippen LogP contribution in [-0.4, -0.2) is 29.0 Å². The first-order valence-electron chi connectivity index (χ1n) is 8.80. The van der Waals surface area contributed by atoms with Crippen molar-refractivity contribution in [3.05, 3.63) is 23.9 Å². The van der Waals surface area contributed by atoms with Crippen LogP contribution in [0.1, 0.15) is 57.4 Å². The first-order chi connectivity index (χ1) is 10.4. The smallest absolute Gasteiger partial charge is 0.130 e. The van der Waals surface area contributed by atoms with E-state index >= 15 is 0 Å². The number of anilines is 1. The summed E-state index contributed by atoms with van der Waals surface area (Å²) in [7, 11) is 0. The highest BCUT2D eigenvalue weighted by atomic mass is 15.2. The van der Waals surface area contributed by atoms with Crippen LogP contribution in [0.4, 0.5) is 5.82 Å². The van der Waals surface area contributed by atoms with E-state index in [1.54, 1.807) is 0 Å². The molecule has 116 valence electrons. The molecule has 2 atom stereocenters. The number of nitrogens with zero attached hydrogens (tertiary/aromatic N) is 2. The number of fused-ring (bicyclic) bond motifs is 1. The molecule has 2 aliphatic rings. The Kier molecular flexibility index (Phi) is 5.13. The predicted octanol–water partition coefficient (Wildman–Crippen LogP) is 4.06. The Bertz CT molecular complexity index is 444. The Hall–Kier alpha value is -1.09. The molecular weight excluding hydrogens is 258 g/mol. The molecule has 3 nitrogen and oxygen atoms in total. The molecule has 3 rings (SSSR count). The Morgan fingerprint density at radius 2 is 2.10 bits per heavy atom. The summed E-state index contributed by atoms with van der Waals surface area (Å²) in [6.07, 6.45) is 11.6. The zero-order valence-electron chi connectivity index (χ0n) is 13.4. The fraction of sp³-hybridized carbons (Fsp3) is 0.722. The van der Waals surface area contributed by atoms with Crippen LogP contribution in [-0.2, 0) is 6.54 Å². The molecule has 1 aliphatic heterocycles. The predicted molar refractivity (Wildman–Crippen MR) is 88.4 cm³/mol. The summed E-state index contributed by atoms with van der Waals surface area (Å²) < 4.78 is 0. The number of hydrogen-bond donors (Lipinski definition) is 1. The number of hydrogen-bond acceptors (Lipinski definition) is 3. The number of nitrogens with one attached hydrogen (secondary N) is 1. The second-order valence-electron chi connectivity index (χ2n) is 6.66. The van der Waals surface area contributed by atoms with E-state index in [4.69, 9.17) is 0 Å². The van der Waals surface area contributed by atoms with Crippen molar-refractivity contribution in [2.45, 2.75) is 64.5 Å². The Morgan fingerprint density at radius 1 is 1.24 bits per heavy atom. The number of pyridine rings is 1. The number of likely N-dealkylation sites (tertiary alicyclic amines) is 1. The Balaban J connectivity index is 1.70. The standard InChI is InChI=1S/C18H29N3/c1-2-11-19-18-16(8-5-12-20-18)14-21-13-6-9-15-7-3-4-10-17(15)21/h5,8,12,15,17H,2-4,6-7,9-11,13-14H2,1H3,(H,19,20). The number of aromatic nitrogens is 1. The summed E-state index contributed by atoms with van der Waals surface area (Å²) in [5.41, 5.74) is 1.37. The van der Waals surface area contributed by atoms with Gasteiger partial charge >= 0.3 is 0 Å². The zero-order chi connectivity index (χ0) is 14.5. The van der Waals surface area contributed by atoms with Crippen LogP contribution >= 0.6 is 0 Å². The minimum atomic E-state index is 0.826. The average molecular weight is 287 g/mol. The summed E-state index contributed by atoms with van der Waals surface area (Å²) in [5, 5.41) is 3.49. The van der Waals surface area contributed by atoms with Gasteiger partial charge in [-0.2, -0.15) is 0 Å². The van der Waals surface area contributed by atoms with Gasteiger partial charge in [0.2, 0.25) is 0 Å². The van der Waals surface area contributed by atoms with Crippen LogP contribution in [0.5, 0.6) is 0 Å². The average Bonchev–Trinajstić information content (AvgIpc) is 2.54. The van der Waals surface area contributed by atoms with Gasteiger partial charge in [-0.1, -0.05) is 25.8 Å². The lowest BCUT2D eigenvalue weighted by Crippen LogP contribution is -2.46. The van der Waals surface area contributed by atoms with E-state index in [9.17, 15) is 0 Å². The molecule has 2 heterocycles. The van der Waals surface area contributed by atoms with Crippen LogP contribution in [0.2, 0.25) is 0 Å². The van der Waals surface area contributed by atoms with Crippen molar-refractivity contribution in [3.63, 3.8) is 0 Å². The minimum Gasteiger partial charge on any atom is -0.370 e. The molecule has 21 heavy (non-hydrogen) atoms. The second-order valence-corrected chi connectivity index (χ2v) is 6.66. The van der Waals surface area contributed by atoms with Gasteiger partial charge < -0.3 is 5.32 Å². The van der Waals surface area contributed by atoms with Crippen LogP contribution in [0.15, 0.2) is 18.3 Å². The summed E-state index contributed by atoms with van der Waals surface area (Å²) >= 11 is 0. The molecule has 0 aromatic carbocycles. The van der Waals surface area contributed by atoms with Crippen LogP contribution < -0.4 is 5.32 Å². The Morgan fingerprint density at radius 3 is 3.00 bits per heavy atom. The van der Waals surface area contributed by atoms with E-state index in [2.05, 4.69) is 34.3 Å². The molecule has 1 saturated heterocycles. The van der Waals surface area contributed by atoms with Crippen molar-refractivity contribution in [2.75, 3.05) is 18.4 Å². The van der Waals surface area contributed by atoms with E-state index < -0.39 is 0 Å². The van der Waals surface area contributed by atoms with E-state index in [1.807, 2.05) is 6.20 Å². The van der Waals surface area contributed by atoms with Gasteiger partial charge in [-0.25, -0.2) is 4.98 Å². The van der Waals surface area contributed by atoms with Gasteiger partial charge in [0, 0.05) is 30.9 Å². The first-order valence-corrected chi connectivity index (χ1v) is 8.80. The molecule has 0 bridgehead atoms. The fourth-order valence-electron chi connectivity index (χ4n) is 4.11. The molecule has 1 aliphatic carbocycles. The maximum absolute atomic E-state index is 4.55. The Labute approximate surface area is 129 Å². The maximum Gasteiger partial charge on any atom is 0.130 e. The summed E-state index contributed by atoms with van der Waals surface area (Å²) in [4.78, 5) is 7.29. The molecule has 0 amide bonds. The van der Waals surface area contributed by atoms with E-state index in [0.717, 1.165) is 37.3 Å². The molecule has 1 aromatic heterocycles. The molecular formula is C18H29N3. The lowest BCUT2D eigenvalue weighted by Gasteiger charge is -2.44. The highest BCUT2D eigenvalue weighted by Crippen LogP contribution is 2.36. The fourth-order valence-corrected chi connectivity index (χ4v) is 4.11. The summed E-state index contributed by atoms with van der Waals surface area (Å²) in [5.74, 6) is 2.05. The quantitative estimate of drug-likeness (QED) is 0.885. The first kappa shape index (κ1) is 14.8. The van der Waals surface area contributed by atoms with Gasteiger partial charge in [0.1, 0.15) is 5.82 Å². The molecule has 3 heteroatoms. The maximum atomic E-state index is 4.55. The van der Waals surface area contributed by atoms with Crippen molar-refractivity contribution in [2.24, 2.45) is 5.92 Å². The normalized spacial score (nSPS) is 26.3. The van der Waals surface area contributed by atoms with E-state index in [0.29, 0.717) is 0 Å². The largest absolute Gasteiger partial charge is 0.370 e. The van der Waals surface area contributed by atoms with Gasteiger partial charge in [0.05, 0.1) is 0 Å². The van der Waals surface area contributed by atoms with Gasteiger partial charge in [-0.3, -0.25) is 4.90 Å². The highest BCUT2D eigenvalue weighted by Gasteiger charge is 2.33. The van der Waals surface area contributed by atoms with Crippen molar-refractivity contribution in [1.29, 1.82) is 0 Å². The van der Waals surface area contributed by atoms with Gasteiger partial charge in [-0.05, 0) is 50.6 Å². The highest BCUT2D eigenvalue weighted by molar-refractivity contribution is 5.43. The molecule has 2 unspecified atom stereocenters. The van der Waals surface area contributed by atoms with Crippen LogP contribution in [0, 0.1) is 5.92 Å². The van der Waals surface area contributed by atoms with Crippen LogP contribution in [0.25, 0.3) is 0 Å². The third-order valence-electron chi connectivity index (χ3n) is 5.17. The summed E-state index contributed by atoms with van der Waals surface area (Å²) in [6.45, 7) is 5.55. The molecule has 0 spiro atoms. The molecule has 0 radical (unpaired) electrons. The third kappa shape index (κ3) is 3.57. The van der Waals surface area contributed by atoms with Crippen LogP contribution in [0.3, 0.4) is 0 Å².